The van der Waals surface area contributed by atoms with Gasteiger partial charge in [-0.1, -0.05) is 30.3 Å². The predicted octanol–water partition coefficient (Wildman–Crippen LogP) is 3.05. The van der Waals surface area contributed by atoms with Crippen molar-refractivity contribution >= 4 is 5.96 Å². The molecular formula is C25H36N4O3. The second-order valence-corrected chi connectivity index (χ2v) is 7.89. The van der Waals surface area contributed by atoms with Crippen LogP contribution < -0.4 is 20.1 Å². The Morgan fingerprint density at radius 2 is 1.78 bits per heavy atom. The van der Waals surface area contributed by atoms with E-state index in [-0.39, 0.29) is 6.10 Å². The quantitative estimate of drug-likeness (QED) is 0.437. The Balaban J connectivity index is 1.48. The third kappa shape index (κ3) is 8.05. The smallest absolute Gasteiger partial charge is 0.191 e. The van der Waals surface area contributed by atoms with Gasteiger partial charge in [-0.05, 0) is 37.1 Å². The fourth-order valence-corrected chi connectivity index (χ4v) is 3.47. The van der Waals surface area contributed by atoms with E-state index in [1.54, 1.807) is 7.11 Å². The lowest BCUT2D eigenvalue weighted by Gasteiger charge is -2.26. The van der Waals surface area contributed by atoms with Gasteiger partial charge in [0.05, 0.1) is 33.4 Å². The van der Waals surface area contributed by atoms with Crippen molar-refractivity contribution < 1.29 is 14.2 Å². The molecule has 3 rings (SSSR count). The summed E-state index contributed by atoms with van der Waals surface area (Å²) in [5.41, 5.74) is 2.52. The predicted molar refractivity (Wildman–Crippen MR) is 128 cm³/mol. The first-order chi connectivity index (χ1) is 15.7. The van der Waals surface area contributed by atoms with Crippen molar-refractivity contribution in [3.8, 4) is 11.5 Å². The van der Waals surface area contributed by atoms with Crippen LogP contribution in [0.2, 0.25) is 0 Å². The van der Waals surface area contributed by atoms with Crippen LogP contribution in [0.3, 0.4) is 0 Å². The summed E-state index contributed by atoms with van der Waals surface area (Å²) in [5, 5.41) is 6.67. The van der Waals surface area contributed by atoms with E-state index >= 15 is 0 Å². The Bertz CT molecular complexity index is 835. The second-order valence-electron chi connectivity index (χ2n) is 7.89. The first-order valence-electron chi connectivity index (χ1n) is 11.4. The average Bonchev–Trinajstić information content (AvgIpc) is 2.82. The maximum atomic E-state index is 5.99. The first-order valence-corrected chi connectivity index (χ1v) is 11.4. The van der Waals surface area contributed by atoms with Crippen LogP contribution in [0.4, 0.5) is 0 Å². The molecule has 1 fully saturated rings. The molecule has 2 N–H and O–H groups in total. The van der Waals surface area contributed by atoms with Crippen LogP contribution in [0.15, 0.2) is 53.5 Å². The Labute approximate surface area is 191 Å². The molecule has 0 aliphatic carbocycles. The molecule has 1 aliphatic heterocycles. The Morgan fingerprint density at radius 1 is 1.06 bits per heavy atom. The van der Waals surface area contributed by atoms with Gasteiger partial charge in [0.1, 0.15) is 17.6 Å². The number of nitrogens with one attached hydrogen (secondary N) is 2. The molecule has 2 aromatic rings. The summed E-state index contributed by atoms with van der Waals surface area (Å²) in [7, 11) is 1.65. The zero-order valence-corrected chi connectivity index (χ0v) is 19.5. The number of methoxy groups -OCH3 is 1. The molecule has 0 spiro atoms. The molecule has 1 aliphatic rings. The number of guanidine groups is 1. The minimum absolute atomic E-state index is 0.0227. The largest absolute Gasteiger partial charge is 0.497 e. The lowest BCUT2D eigenvalue weighted by Crippen LogP contribution is -2.41. The van der Waals surface area contributed by atoms with Gasteiger partial charge in [0, 0.05) is 32.2 Å². The van der Waals surface area contributed by atoms with Crippen LogP contribution in [0, 0.1) is 0 Å². The van der Waals surface area contributed by atoms with E-state index in [1.807, 2.05) is 31.2 Å². The van der Waals surface area contributed by atoms with Gasteiger partial charge in [-0.2, -0.15) is 0 Å². The number of rotatable bonds is 10. The van der Waals surface area contributed by atoms with Crippen molar-refractivity contribution in [3.05, 3.63) is 59.7 Å². The van der Waals surface area contributed by atoms with Gasteiger partial charge in [-0.3, -0.25) is 4.90 Å². The molecule has 1 unspecified atom stereocenters. The fourth-order valence-electron chi connectivity index (χ4n) is 3.47. The highest BCUT2D eigenvalue weighted by molar-refractivity contribution is 5.79. The first kappa shape index (κ1) is 23.9. The third-order valence-electron chi connectivity index (χ3n) is 5.23. The number of hydrogen-bond donors (Lipinski definition) is 2. The van der Waals surface area contributed by atoms with Crippen molar-refractivity contribution in [1.82, 2.24) is 15.5 Å². The van der Waals surface area contributed by atoms with E-state index in [9.17, 15) is 0 Å². The van der Waals surface area contributed by atoms with Crippen molar-refractivity contribution in [2.45, 2.75) is 33.0 Å². The van der Waals surface area contributed by atoms with Gasteiger partial charge in [-0.25, -0.2) is 4.99 Å². The van der Waals surface area contributed by atoms with Crippen LogP contribution in [0.1, 0.15) is 25.0 Å². The van der Waals surface area contributed by atoms with E-state index in [0.29, 0.717) is 13.1 Å². The van der Waals surface area contributed by atoms with Gasteiger partial charge < -0.3 is 24.8 Å². The van der Waals surface area contributed by atoms with E-state index in [1.165, 1.54) is 11.1 Å². The van der Waals surface area contributed by atoms with Crippen molar-refractivity contribution in [2.75, 3.05) is 46.5 Å². The summed E-state index contributed by atoms with van der Waals surface area (Å²) in [4.78, 5) is 7.16. The fraction of sp³-hybridized carbons (Fsp3) is 0.480. The Hall–Kier alpha value is -2.77. The minimum Gasteiger partial charge on any atom is -0.497 e. The molecule has 1 saturated heterocycles. The molecule has 7 nitrogen and oxygen atoms in total. The van der Waals surface area contributed by atoms with Gasteiger partial charge in [-0.15, -0.1) is 0 Å². The van der Waals surface area contributed by atoms with Gasteiger partial charge in [0.25, 0.3) is 0 Å². The number of nitrogens with zero attached hydrogens (tertiary/aromatic N) is 2. The third-order valence-corrected chi connectivity index (χ3v) is 5.23. The number of morpholine rings is 1. The van der Waals surface area contributed by atoms with Crippen molar-refractivity contribution in [3.63, 3.8) is 0 Å². The zero-order chi connectivity index (χ0) is 22.6. The molecule has 1 atom stereocenters. The van der Waals surface area contributed by atoms with Crippen molar-refractivity contribution in [1.29, 1.82) is 0 Å². The second kappa shape index (κ2) is 12.9. The molecule has 1 heterocycles. The van der Waals surface area contributed by atoms with Gasteiger partial charge in [0.2, 0.25) is 0 Å². The highest BCUT2D eigenvalue weighted by atomic mass is 16.5. The molecule has 2 aromatic carbocycles. The lowest BCUT2D eigenvalue weighted by molar-refractivity contribution is 0.0342. The van der Waals surface area contributed by atoms with Gasteiger partial charge >= 0.3 is 0 Å². The van der Waals surface area contributed by atoms with Crippen LogP contribution in [0.5, 0.6) is 11.5 Å². The summed E-state index contributed by atoms with van der Waals surface area (Å²) in [6.45, 7) is 10.8. The average molecular weight is 441 g/mol. The molecule has 0 aromatic heterocycles. The summed E-state index contributed by atoms with van der Waals surface area (Å²) in [5.74, 6) is 2.36. The Morgan fingerprint density at radius 3 is 2.50 bits per heavy atom. The van der Waals surface area contributed by atoms with E-state index in [0.717, 1.165) is 56.9 Å². The van der Waals surface area contributed by atoms with E-state index < -0.39 is 0 Å². The number of benzene rings is 2. The number of hydrogen-bond acceptors (Lipinski definition) is 5. The minimum atomic E-state index is -0.0227. The molecule has 0 amide bonds. The van der Waals surface area contributed by atoms with E-state index in [4.69, 9.17) is 19.2 Å². The normalized spacial score (nSPS) is 15.8. The molecular weight excluding hydrogens is 404 g/mol. The van der Waals surface area contributed by atoms with Crippen LogP contribution in [-0.4, -0.2) is 63.5 Å². The maximum Gasteiger partial charge on any atom is 0.191 e. The molecule has 174 valence electrons. The lowest BCUT2D eigenvalue weighted by atomic mass is 10.1. The highest BCUT2D eigenvalue weighted by Gasteiger charge is 2.10. The van der Waals surface area contributed by atoms with Crippen LogP contribution >= 0.6 is 0 Å². The number of ether oxygens (including phenoxy) is 3. The zero-order valence-electron chi connectivity index (χ0n) is 19.5. The standard InChI is InChI=1S/C25H36N4O3/c1-4-26-25(27-17-20(2)32-24-7-5-6-23(16-24)30-3)28-18-21-8-10-22(11-9-21)19-29-12-14-31-15-13-29/h5-11,16,20H,4,12-15,17-19H2,1-3H3,(H2,26,27,28). The molecule has 7 heteroatoms. The van der Waals surface area contributed by atoms with Gasteiger partial charge in [0.15, 0.2) is 5.96 Å². The summed E-state index contributed by atoms with van der Waals surface area (Å²) < 4.78 is 16.7. The maximum absolute atomic E-state index is 5.99. The molecule has 0 saturated carbocycles. The van der Waals surface area contributed by atoms with Crippen LogP contribution in [-0.2, 0) is 17.8 Å². The van der Waals surface area contributed by atoms with Crippen molar-refractivity contribution in [2.24, 2.45) is 4.99 Å². The Kier molecular flexibility index (Phi) is 9.65. The van der Waals surface area contributed by atoms with Crippen LogP contribution in [0.25, 0.3) is 0 Å². The summed E-state index contributed by atoms with van der Waals surface area (Å²) in [6, 6.07) is 16.4. The SMILES string of the molecule is CCNC(=NCc1ccc(CN2CCOCC2)cc1)NCC(C)Oc1cccc(OC)c1. The molecule has 0 bridgehead atoms. The molecule has 32 heavy (non-hydrogen) atoms. The molecule has 0 radical (unpaired) electrons. The number of aliphatic imine (C=N–C) groups is 1. The van der Waals surface area contributed by atoms with E-state index in [2.05, 4.69) is 46.7 Å². The summed E-state index contributed by atoms with van der Waals surface area (Å²) in [6.07, 6.45) is -0.0227. The monoisotopic (exact) mass is 440 g/mol. The summed E-state index contributed by atoms with van der Waals surface area (Å²) >= 11 is 0. The topological polar surface area (TPSA) is 67.4 Å². The highest BCUT2D eigenvalue weighted by Crippen LogP contribution is 2.19.